The summed E-state index contributed by atoms with van der Waals surface area (Å²) in [4.78, 5) is 14.5. The van der Waals surface area contributed by atoms with Crippen molar-refractivity contribution in [2.45, 2.75) is 39.2 Å². The lowest BCUT2D eigenvalue weighted by Crippen LogP contribution is -2.24. The number of anilines is 2. The molecule has 0 aromatic carbocycles. The SMILES string of the molecule is CCN1CCC(F)(F)C1.[B]c1cc(-c2ccc3nc(C)n(CC(F)F)c3n2)c2c(N)nc(N)nn12. The average Bonchev–Trinajstić information content (AvgIpc) is 3.41. The van der Waals surface area contributed by atoms with Gasteiger partial charge in [0.2, 0.25) is 5.95 Å². The Hall–Kier alpha value is -3.42. The quantitative estimate of drug-likeness (QED) is 0.333. The third-order valence-corrected chi connectivity index (χ3v) is 5.76. The number of hydrogen-bond donors (Lipinski definition) is 2. The highest BCUT2D eigenvalue weighted by molar-refractivity contribution is 6.32. The molecule has 1 aliphatic rings. The molecule has 9 nitrogen and oxygen atoms in total. The van der Waals surface area contributed by atoms with Gasteiger partial charge in [-0.3, -0.25) is 4.90 Å². The predicted octanol–water partition coefficient (Wildman–Crippen LogP) is 2.02. The van der Waals surface area contributed by atoms with Crippen molar-refractivity contribution in [1.82, 2.24) is 34.0 Å². The third-order valence-electron chi connectivity index (χ3n) is 5.76. The summed E-state index contributed by atoms with van der Waals surface area (Å²) in [6, 6.07) is 5.06. The number of nitrogens with zero attached hydrogens (tertiary/aromatic N) is 7. The Morgan fingerprint density at radius 1 is 1.17 bits per heavy atom. The van der Waals surface area contributed by atoms with Crippen LogP contribution in [0.25, 0.3) is 27.9 Å². The largest absolute Gasteiger partial charge is 0.382 e. The summed E-state index contributed by atoms with van der Waals surface area (Å²) in [6.07, 6.45) is -2.48. The number of likely N-dealkylation sites (tertiary alicyclic amines) is 1. The lowest BCUT2D eigenvalue weighted by atomic mass is 10.0. The van der Waals surface area contributed by atoms with Crippen molar-refractivity contribution in [2.75, 3.05) is 31.1 Å². The van der Waals surface area contributed by atoms with Crippen LogP contribution in [-0.4, -0.2) is 73.9 Å². The molecule has 0 unspecified atom stereocenters. The molecule has 5 rings (SSSR count). The minimum absolute atomic E-state index is 0.0158. The van der Waals surface area contributed by atoms with Gasteiger partial charge in [0, 0.05) is 18.5 Å². The normalized spacial score (nSPS) is 15.7. The number of alkyl halides is 4. The summed E-state index contributed by atoms with van der Waals surface area (Å²) in [5.74, 6) is -1.82. The zero-order valence-corrected chi connectivity index (χ0v) is 19.2. The van der Waals surface area contributed by atoms with Gasteiger partial charge in [0.15, 0.2) is 11.5 Å². The highest BCUT2D eigenvalue weighted by Gasteiger charge is 2.37. The second kappa shape index (κ2) is 9.32. The van der Waals surface area contributed by atoms with E-state index in [-0.39, 0.29) is 24.7 Å². The Balaban J connectivity index is 0.000000271. The summed E-state index contributed by atoms with van der Waals surface area (Å²) in [5.41, 5.74) is 14.3. The molecular weight excluding hydrogens is 465 g/mol. The number of rotatable bonds is 4. The summed E-state index contributed by atoms with van der Waals surface area (Å²) in [5, 5.41) is 4.04. The van der Waals surface area contributed by atoms with Gasteiger partial charge in [0.25, 0.3) is 12.3 Å². The molecule has 1 saturated heterocycles. The van der Waals surface area contributed by atoms with Crippen molar-refractivity contribution in [1.29, 1.82) is 0 Å². The van der Waals surface area contributed by atoms with Crippen LogP contribution in [-0.2, 0) is 6.54 Å². The van der Waals surface area contributed by atoms with Crippen molar-refractivity contribution in [3.8, 4) is 11.3 Å². The topological polar surface area (TPSA) is 116 Å². The molecule has 14 heteroatoms. The van der Waals surface area contributed by atoms with E-state index in [1.54, 1.807) is 30.0 Å². The van der Waals surface area contributed by atoms with Crippen molar-refractivity contribution < 1.29 is 17.6 Å². The number of pyridine rings is 1. The van der Waals surface area contributed by atoms with Gasteiger partial charge in [-0.15, -0.1) is 5.10 Å². The van der Waals surface area contributed by atoms with Crippen molar-refractivity contribution >= 4 is 41.9 Å². The third kappa shape index (κ3) is 5.02. The maximum absolute atomic E-state index is 12.9. The van der Waals surface area contributed by atoms with Gasteiger partial charge in [-0.05, 0) is 37.3 Å². The van der Waals surface area contributed by atoms with E-state index in [9.17, 15) is 17.6 Å². The zero-order valence-electron chi connectivity index (χ0n) is 19.2. The molecule has 0 saturated carbocycles. The van der Waals surface area contributed by atoms with Crippen LogP contribution in [0.3, 0.4) is 0 Å². The fourth-order valence-electron chi connectivity index (χ4n) is 4.07. The van der Waals surface area contributed by atoms with Crippen molar-refractivity contribution in [2.24, 2.45) is 0 Å². The van der Waals surface area contributed by atoms with E-state index in [2.05, 4.69) is 20.1 Å². The van der Waals surface area contributed by atoms with E-state index in [0.29, 0.717) is 45.9 Å². The number of hydrogen-bond acceptors (Lipinski definition) is 7. The number of fused-ring (bicyclic) bond motifs is 2. The Kier molecular flexibility index (Phi) is 6.58. The first kappa shape index (κ1) is 24.7. The number of aryl methyl sites for hydroxylation is 1. The lowest BCUT2D eigenvalue weighted by Gasteiger charge is -2.11. The highest BCUT2D eigenvalue weighted by atomic mass is 19.3. The van der Waals surface area contributed by atoms with Gasteiger partial charge < -0.3 is 16.0 Å². The zero-order chi connectivity index (χ0) is 25.5. The van der Waals surface area contributed by atoms with E-state index in [4.69, 9.17) is 19.3 Å². The average molecular weight is 489 g/mol. The Bertz CT molecular complexity index is 1370. The van der Waals surface area contributed by atoms with Crippen molar-refractivity contribution in [3.05, 3.63) is 24.0 Å². The highest BCUT2D eigenvalue weighted by Crippen LogP contribution is 2.28. The monoisotopic (exact) mass is 489 g/mol. The number of aromatic nitrogens is 6. The van der Waals surface area contributed by atoms with E-state index in [1.165, 1.54) is 9.08 Å². The molecule has 0 aliphatic carbocycles. The minimum Gasteiger partial charge on any atom is -0.382 e. The van der Waals surface area contributed by atoms with Crippen LogP contribution >= 0.6 is 0 Å². The standard InChI is InChI=1S/C15H13BF2N8.C6H11F2N/c1-6-21-9-3-2-8(22-14(9)25(6)5-11(17)18)7-4-10(16)26-12(7)13(19)23-15(20)24-26;1-2-9-4-3-6(7,8)5-9/h2-4,11H,5H2,1H3,(H4,19,20,23,24);2-5H2,1H3. The maximum Gasteiger partial charge on any atom is 0.261 e. The molecule has 4 aromatic rings. The molecule has 4 aromatic heterocycles. The van der Waals surface area contributed by atoms with Crippen LogP contribution in [0.4, 0.5) is 29.3 Å². The van der Waals surface area contributed by atoms with Gasteiger partial charge in [-0.25, -0.2) is 32.0 Å². The van der Waals surface area contributed by atoms with Crippen LogP contribution in [0.2, 0.25) is 0 Å². The van der Waals surface area contributed by atoms with Crippen LogP contribution < -0.4 is 17.1 Å². The fraction of sp³-hybridized carbons (Fsp3) is 0.429. The van der Waals surface area contributed by atoms with E-state index >= 15 is 0 Å². The molecule has 35 heavy (non-hydrogen) atoms. The Morgan fingerprint density at radius 2 is 1.91 bits per heavy atom. The maximum atomic E-state index is 12.9. The molecule has 0 amide bonds. The van der Waals surface area contributed by atoms with E-state index in [1.807, 2.05) is 6.92 Å². The van der Waals surface area contributed by atoms with Crippen molar-refractivity contribution in [3.63, 3.8) is 0 Å². The molecule has 0 bridgehead atoms. The molecule has 1 fully saturated rings. The minimum atomic E-state index is -2.52. The summed E-state index contributed by atoms with van der Waals surface area (Å²) in [7, 11) is 5.98. The van der Waals surface area contributed by atoms with Crippen LogP contribution in [0.15, 0.2) is 18.2 Å². The molecule has 4 N–H and O–H groups in total. The second-order valence-corrected chi connectivity index (χ2v) is 8.27. The smallest absolute Gasteiger partial charge is 0.261 e. The van der Waals surface area contributed by atoms with Crippen LogP contribution in [0.1, 0.15) is 19.2 Å². The van der Waals surface area contributed by atoms with Gasteiger partial charge in [-0.2, -0.15) is 4.98 Å². The summed E-state index contributed by atoms with van der Waals surface area (Å²) in [6.45, 7) is 4.34. The Morgan fingerprint density at radius 3 is 2.51 bits per heavy atom. The first-order valence-corrected chi connectivity index (χ1v) is 10.9. The predicted molar refractivity (Wildman–Crippen MR) is 126 cm³/mol. The van der Waals surface area contributed by atoms with Gasteiger partial charge in [0.05, 0.1) is 18.8 Å². The first-order valence-electron chi connectivity index (χ1n) is 10.9. The summed E-state index contributed by atoms with van der Waals surface area (Å²) < 4.78 is 53.2. The molecule has 0 atom stereocenters. The van der Waals surface area contributed by atoms with Gasteiger partial charge in [0.1, 0.15) is 24.7 Å². The fourth-order valence-corrected chi connectivity index (χ4v) is 4.07. The second-order valence-electron chi connectivity index (χ2n) is 8.27. The van der Waals surface area contributed by atoms with Gasteiger partial charge in [-0.1, -0.05) is 6.92 Å². The lowest BCUT2D eigenvalue weighted by molar-refractivity contribution is 0.0127. The number of nitrogen functional groups attached to an aromatic ring is 2. The molecule has 5 heterocycles. The number of imidazole rings is 1. The molecular formula is C21H24BF4N9. The summed E-state index contributed by atoms with van der Waals surface area (Å²) >= 11 is 0. The Labute approximate surface area is 199 Å². The van der Waals surface area contributed by atoms with Crippen LogP contribution in [0, 0.1) is 6.92 Å². The van der Waals surface area contributed by atoms with Gasteiger partial charge >= 0.3 is 0 Å². The number of nitrogens with two attached hydrogens (primary N) is 2. The van der Waals surface area contributed by atoms with E-state index in [0.717, 1.165) is 6.54 Å². The molecule has 2 radical (unpaired) electrons. The van der Waals surface area contributed by atoms with Crippen LogP contribution in [0.5, 0.6) is 0 Å². The molecule has 0 spiro atoms. The van der Waals surface area contributed by atoms with E-state index < -0.39 is 18.9 Å². The first-order chi connectivity index (χ1) is 16.5. The molecule has 1 aliphatic heterocycles. The molecule has 184 valence electrons. The number of halogens is 4.